The highest BCUT2D eigenvalue weighted by Crippen LogP contribution is 2.40. The monoisotopic (exact) mass is 315 g/mol. The molecule has 0 saturated carbocycles. The van der Waals surface area contributed by atoms with Gasteiger partial charge >= 0.3 is 0 Å². The number of hydrogen-bond donors (Lipinski definition) is 0. The molecular weight excluding hydrogens is 290 g/mol. The van der Waals surface area contributed by atoms with Crippen molar-refractivity contribution in [2.24, 2.45) is 0 Å². The number of nitrogens with zero attached hydrogens (tertiary/aromatic N) is 3. The molecule has 4 heteroatoms. The highest BCUT2D eigenvalue weighted by atomic mass is 32.1. The van der Waals surface area contributed by atoms with Gasteiger partial charge in [0.05, 0.1) is 5.39 Å². The minimum Gasteiger partial charge on any atom is -0.356 e. The van der Waals surface area contributed by atoms with Crippen LogP contribution in [0, 0.1) is 0 Å². The lowest BCUT2D eigenvalue weighted by Crippen LogP contribution is -2.20. The van der Waals surface area contributed by atoms with Crippen molar-refractivity contribution in [2.45, 2.75) is 64.7 Å². The van der Waals surface area contributed by atoms with Crippen LogP contribution >= 0.6 is 11.3 Å². The van der Waals surface area contributed by atoms with Crippen LogP contribution in [-0.4, -0.2) is 23.1 Å². The van der Waals surface area contributed by atoms with E-state index in [1.807, 2.05) is 11.3 Å². The predicted molar refractivity (Wildman–Crippen MR) is 94.1 cm³/mol. The summed E-state index contributed by atoms with van der Waals surface area (Å²) in [5.74, 6) is 2.32. The van der Waals surface area contributed by atoms with E-state index >= 15 is 0 Å². The highest BCUT2D eigenvalue weighted by molar-refractivity contribution is 7.19. The van der Waals surface area contributed by atoms with Crippen LogP contribution in [0.3, 0.4) is 0 Å². The zero-order chi connectivity index (χ0) is 14.9. The summed E-state index contributed by atoms with van der Waals surface area (Å²) in [5.41, 5.74) is 1.58. The first-order valence-electron chi connectivity index (χ1n) is 8.93. The number of thiophene rings is 1. The molecule has 0 amide bonds. The standard InChI is InChI=1S/C18H25N3S/c1-2-3-10-15-19-17(21-11-6-7-12-21)16-13-8-4-5-9-14(13)22-18(16)20-15/h2-12H2,1H3. The lowest BCUT2D eigenvalue weighted by molar-refractivity contribution is 0.699. The summed E-state index contributed by atoms with van der Waals surface area (Å²) in [7, 11) is 0. The molecule has 1 saturated heterocycles. The molecule has 2 aromatic rings. The van der Waals surface area contributed by atoms with E-state index < -0.39 is 0 Å². The van der Waals surface area contributed by atoms with Crippen LogP contribution in [0.4, 0.5) is 5.82 Å². The van der Waals surface area contributed by atoms with Gasteiger partial charge in [0.25, 0.3) is 0 Å². The van der Waals surface area contributed by atoms with E-state index in [2.05, 4.69) is 11.8 Å². The Bertz CT molecular complexity index is 671. The maximum absolute atomic E-state index is 5.02. The minimum absolute atomic E-state index is 1.02. The molecule has 1 fully saturated rings. The number of hydrogen-bond acceptors (Lipinski definition) is 4. The van der Waals surface area contributed by atoms with Crippen molar-refractivity contribution in [3.8, 4) is 0 Å². The summed E-state index contributed by atoms with van der Waals surface area (Å²) in [6.07, 6.45) is 11.2. The molecule has 3 nitrogen and oxygen atoms in total. The Balaban J connectivity index is 1.85. The number of anilines is 1. The van der Waals surface area contributed by atoms with Gasteiger partial charge in [0.15, 0.2) is 0 Å². The molecule has 2 aromatic heterocycles. The average Bonchev–Trinajstić information content (AvgIpc) is 3.19. The molecule has 0 unspecified atom stereocenters. The molecule has 2 aliphatic rings. The molecule has 118 valence electrons. The second-order valence-corrected chi connectivity index (χ2v) is 7.74. The molecule has 4 rings (SSSR count). The summed E-state index contributed by atoms with van der Waals surface area (Å²) in [5, 5.41) is 1.40. The topological polar surface area (TPSA) is 29.0 Å². The molecule has 0 N–H and O–H groups in total. The lowest BCUT2D eigenvalue weighted by Gasteiger charge is -2.20. The zero-order valence-electron chi connectivity index (χ0n) is 13.5. The SMILES string of the molecule is CCCCc1nc(N2CCCC2)c2c3c(sc2n1)CCCC3. The number of unbranched alkanes of at least 4 members (excludes halogenated alkanes) is 1. The van der Waals surface area contributed by atoms with Gasteiger partial charge in [0, 0.05) is 24.4 Å². The largest absolute Gasteiger partial charge is 0.356 e. The summed E-state index contributed by atoms with van der Waals surface area (Å²) < 4.78 is 0. The van der Waals surface area contributed by atoms with E-state index in [-0.39, 0.29) is 0 Å². The minimum atomic E-state index is 1.02. The van der Waals surface area contributed by atoms with Crippen molar-refractivity contribution in [2.75, 3.05) is 18.0 Å². The van der Waals surface area contributed by atoms with Crippen molar-refractivity contribution in [3.63, 3.8) is 0 Å². The van der Waals surface area contributed by atoms with Crippen LogP contribution in [-0.2, 0) is 19.3 Å². The molecule has 0 radical (unpaired) electrons. The predicted octanol–water partition coefficient (Wildman–Crippen LogP) is 4.51. The fraction of sp³-hybridized carbons (Fsp3) is 0.667. The fourth-order valence-electron chi connectivity index (χ4n) is 3.79. The van der Waals surface area contributed by atoms with Crippen molar-refractivity contribution >= 4 is 27.4 Å². The van der Waals surface area contributed by atoms with Gasteiger partial charge in [-0.1, -0.05) is 13.3 Å². The van der Waals surface area contributed by atoms with E-state index in [0.717, 1.165) is 12.2 Å². The third-order valence-electron chi connectivity index (χ3n) is 5.00. The molecule has 1 aliphatic heterocycles. The van der Waals surface area contributed by atoms with Crippen molar-refractivity contribution in [1.82, 2.24) is 9.97 Å². The van der Waals surface area contributed by atoms with Crippen molar-refractivity contribution in [1.29, 1.82) is 0 Å². The zero-order valence-corrected chi connectivity index (χ0v) is 14.3. The van der Waals surface area contributed by atoms with Crippen molar-refractivity contribution < 1.29 is 0 Å². The molecule has 0 spiro atoms. The maximum Gasteiger partial charge on any atom is 0.141 e. The Hall–Kier alpha value is -1.16. The highest BCUT2D eigenvalue weighted by Gasteiger charge is 2.24. The lowest BCUT2D eigenvalue weighted by atomic mass is 9.97. The molecule has 22 heavy (non-hydrogen) atoms. The van der Waals surface area contributed by atoms with Gasteiger partial charge in [-0.15, -0.1) is 11.3 Å². The van der Waals surface area contributed by atoms with Gasteiger partial charge < -0.3 is 4.90 Å². The van der Waals surface area contributed by atoms with E-state index in [9.17, 15) is 0 Å². The third-order valence-corrected chi connectivity index (χ3v) is 6.19. The summed E-state index contributed by atoms with van der Waals surface area (Å²) in [6, 6.07) is 0. The normalized spacial score (nSPS) is 18.1. The second kappa shape index (κ2) is 6.15. The molecule has 0 aromatic carbocycles. The molecule has 3 heterocycles. The van der Waals surface area contributed by atoms with Crippen LogP contribution < -0.4 is 4.90 Å². The average molecular weight is 315 g/mol. The summed E-state index contributed by atoms with van der Waals surface area (Å²) in [4.78, 5) is 15.3. The Morgan fingerprint density at radius 3 is 2.68 bits per heavy atom. The number of aromatic nitrogens is 2. The van der Waals surface area contributed by atoms with Gasteiger partial charge in [-0.25, -0.2) is 9.97 Å². The van der Waals surface area contributed by atoms with Crippen LogP contribution in [0.1, 0.15) is 61.7 Å². The summed E-state index contributed by atoms with van der Waals surface area (Å²) >= 11 is 1.94. The third kappa shape index (κ3) is 2.51. The fourth-order valence-corrected chi connectivity index (χ4v) is 5.06. The van der Waals surface area contributed by atoms with Crippen LogP contribution in [0.2, 0.25) is 0 Å². The van der Waals surface area contributed by atoms with Gasteiger partial charge in [-0.05, 0) is 50.5 Å². The molecule has 0 atom stereocenters. The number of rotatable bonds is 4. The summed E-state index contributed by atoms with van der Waals surface area (Å²) in [6.45, 7) is 4.58. The van der Waals surface area contributed by atoms with Gasteiger partial charge in [0.2, 0.25) is 0 Å². The quantitative estimate of drug-likeness (QED) is 0.831. The first-order chi connectivity index (χ1) is 10.9. The number of aryl methyl sites for hydroxylation is 3. The Morgan fingerprint density at radius 2 is 1.86 bits per heavy atom. The number of fused-ring (bicyclic) bond motifs is 3. The maximum atomic E-state index is 5.02. The van der Waals surface area contributed by atoms with E-state index in [0.29, 0.717) is 0 Å². The second-order valence-electron chi connectivity index (χ2n) is 6.65. The van der Waals surface area contributed by atoms with Gasteiger partial charge in [0.1, 0.15) is 16.5 Å². The van der Waals surface area contributed by atoms with Crippen LogP contribution in [0.25, 0.3) is 10.2 Å². The Morgan fingerprint density at radius 1 is 1.05 bits per heavy atom. The van der Waals surface area contributed by atoms with Crippen LogP contribution in [0.5, 0.6) is 0 Å². The van der Waals surface area contributed by atoms with E-state index in [1.165, 1.54) is 80.5 Å². The van der Waals surface area contributed by atoms with Gasteiger partial charge in [-0.3, -0.25) is 0 Å². The van der Waals surface area contributed by atoms with Gasteiger partial charge in [-0.2, -0.15) is 0 Å². The smallest absolute Gasteiger partial charge is 0.141 e. The molecule has 0 bridgehead atoms. The Labute approximate surface area is 136 Å². The van der Waals surface area contributed by atoms with E-state index in [4.69, 9.17) is 9.97 Å². The first-order valence-corrected chi connectivity index (χ1v) is 9.74. The molecular formula is C18H25N3S. The van der Waals surface area contributed by atoms with E-state index in [1.54, 1.807) is 10.4 Å². The first kappa shape index (κ1) is 14.4. The van der Waals surface area contributed by atoms with Crippen LogP contribution in [0.15, 0.2) is 0 Å². The Kier molecular flexibility index (Phi) is 4.03. The van der Waals surface area contributed by atoms with Crippen molar-refractivity contribution in [3.05, 3.63) is 16.3 Å². The molecule has 1 aliphatic carbocycles.